The van der Waals surface area contributed by atoms with Gasteiger partial charge in [0.2, 0.25) is 0 Å². The molecule has 1 aliphatic carbocycles. The van der Waals surface area contributed by atoms with Crippen LogP contribution in [0, 0.1) is 5.92 Å². The summed E-state index contributed by atoms with van der Waals surface area (Å²) in [4.78, 5) is 2.62. The molecule has 1 aliphatic heterocycles. The molecular formula is C15H25N3O. The number of nitrogens with zero attached hydrogens (tertiary/aromatic N) is 2. The molecule has 1 spiro atoms. The minimum absolute atomic E-state index is 0.370. The van der Waals surface area contributed by atoms with Gasteiger partial charge in [-0.1, -0.05) is 31.8 Å². The van der Waals surface area contributed by atoms with Crippen LogP contribution < -0.4 is 5.32 Å². The van der Waals surface area contributed by atoms with Crippen molar-refractivity contribution in [2.45, 2.75) is 57.7 Å². The Bertz CT molecular complexity index is 396. The first-order chi connectivity index (χ1) is 9.19. The maximum absolute atomic E-state index is 4.98. The van der Waals surface area contributed by atoms with Gasteiger partial charge in [0.15, 0.2) is 0 Å². The quantitative estimate of drug-likeness (QED) is 0.909. The Morgan fingerprint density at radius 3 is 2.89 bits per heavy atom. The number of nitrogens with one attached hydrogen (secondary N) is 1. The van der Waals surface area contributed by atoms with Crippen LogP contribution in [0.15, 0.2) is 16.9 Å². The van der Waals surface area contributed by atoms with E-state index >= 15 is 0 Å². The van der Waals surface area contributed by atoms with E-state index in [1.807, 2.05) is 6.07 Å². The van der Waals surface area contributed by atoms with Gasteiger partial charge >= 0.3 is 0 Å². The lowest BCUT2D eigenvalue weighted by Crippen LogP contribution is -2.64. The highest BCUT2D eigenvalue weighted by Crippen LogP contribution is 2.34. The van der Waals surface area contributed by atoms with Crippen molar-refractivity contribution in [1.29, 1.82) is 0 Å². The third-order valence-corrected chi connectivity index (χ3v) is 4.85. The van der Waals surface area contributed by atoms with Crippen molar-refractivity contribution < 1.29 is 4.52 Å². The fourth-order valence-electron chi connectivity index (χ4n) is 3.76. The Balaban J connectivity index is 1.74. The number of rotatable bonds is 3. The number of piperazine rings is 1. The standard InChI is InChI=1S/C15H25N3O/c1-12(2)14-9-16-15(6-3-4-7-15)11-18(14)10-13-5-8-19-17-13/h5,8,12,14,16H,3-4,6-7,9-11H2,1-2H3. The molecule has 1 saturated heterocycles. The summed E-state index contributed by atoms with van der Waals surface area (Å²) >= 11 is 0. The molecule has 1 atom stereocenters. The first-order valence-corrected chi connectivity index (χ1v) is 7.57. The van der Waals surface area contributed by atoms with Crippen LogP contribution in [0.5, 0.6) is 0 Å². The largest absolute Gasteiger partial charge is 0.364 e. The van der Waals surface area contributed by atoms with Gasteiger partial charge in [-0.15, -0.1) is 0 Å². The van der Waals surface area contributed by atoms with E-state index in [1.165, 1.54) is 25.7 Å². The average molecular weight is 263 g/mol. The molecule has 2 fully saturated rings. The second-order valence-electron chi connectivity index (χ2n) is 6.58. The lowest BCUT2D eigenvalue weighted by Gasteiger charge is -2.47. The van der Waals surface area contributed by atoms with Gasteiger partial charge in [0.25, 0.3) is 0 Å². The SMILES string of the molecule is CC(C)C1CNC2(CCCC2)CN1Cc1ccon1. The summed E-state index contributed by atoms with van der Waals surface area (Å²) in [5.74, 6) is 0.665. The van der Waals surface area contributed by atoms with Crippen LogP contribution in [0.3, 0.4) is 0 Å². The van der Waals surface area contributed by atoms with Gasteiger partial charge in [-0.05, 0) is 18.8 Å². The summed E-state index contributed by atoms with van der Waals surface area (Å²) in [6.07, 6.45) is 7.07. The Morgan fingerprint density at radius 2 is 2.26 bits per heavy atom. The Labute approximate surface area is 115 Å². The molecule has 0 amide bonds. The maximum atomic E-state index is 4.98. The van der Waals surface area contributed by atoms with E-state index in [0.717, 1.165) is 25.3 Å². The molecule has 2 heterocycles. The van der Waals surface area contributed by atoms with E-state index < -0.39 is 0 Å². The molecule has 106 valence electrons. The van der Waals surface area contributed by atoms with Gasteiger partial charge in [0, 0.05) is 37.3 Å². The van der Waals surface area contributed by atoms with Crippen LogP contribution in [-0.2, 0) is 6.54 Å². The summed E-state index contributed by atoms with van der Waals surface area (Å²) in [6, 6.07) is 2.59. The van der Waals surface area contributed by atoms with Crippen molar-refractivity contribution in [3.63, 3.8) is 0 Å². The van der Waals surface area contributed by atoms with Gasteiger partial charge in [-0.2, -0.15) is 0 Å². The second-order valence-corrected chi connectivity index (χ2v) is 6.58. The molecule has 19 heavy (non-hydrogen) atoms. The third kappa shape index (κ3) is 2.70. The first kappa shape index (κ1) is 13.1. The zero-order valence-corrected chi connectivity index (χ0v) is 12.1. The fraction of sp³-hybridized carbons (Fsp3) is 0.800. The van der Waals surface area contributed by atoms with Crippen LogP contribution in [0.1, 0.15) is 45.2 Å². The van der Waals surface area contributed by atoms with Crippen molar-refractivity contribution in [2.75, 3.05) is 13.1 Å². The van der Waals surface area contributed by atoms with Crippen molar-refractivity contribution >= 4 is 0 Å². The minimum atomic E-state index is 0.370. The molecule has 1 aromatic rings. The van der Waals surface area contributed by atoms with Crippen LogP contribution in [0.4, 0.5) is 0 Å². The highest BCUT2D eigenvalue weighted by molar-refractivity contribution is 5.04. The molecular weight excluding hydrogens is 238 g/mol. The number of aromatic nitrogens is 1. The van der Waals surface area contributed by atoms with Crippen molar-refractivity contribution in [2.24, 2.45) is 5.92 Å². The molecule has 1 unspecified atom stereocenters. The third-order valence-electron chi connectivity index (χ3n) is 4.85. The normalized spacial score (nSPS) is 27.4. The Morgan fingerprint density at radius 1 is 1.47 bits per heavy atom. The molecule has 4 nitrogen and oxygen atoms in total. The van der Waals surface area contributed by atoms with Crippen LogP contribution in [-0.4, -0.2) is 34.7 Å². The van der Waals surface area contributed by atoms with E-state index in [9.17, 15) is 0 Å². The van der Waals surface area contributed by atoms with Gasteiger partial charge in [-0.3, -0.25) is 4.90 Å². The second kappa shape index (κ2) is 5.25. The van der Waals surface area contributed by atoms with E-state index in [-0.39, 0.29) is 0 Å². The number of hydrogen-bond donors (Lipinski definition) is 1. The molecule has 4 heteroatoms. The molecule has 1 aromatic heterocycles. The van der Waals surface area contributed by atoms with Crippen molar-refractivity contribution in [1.82, 2.24) is 15.4 Å². The topological polar surface area (TPSA) is 41.3 Å². The van der Waals surface area contributed by atoms with Crippen LogP contribution in [0.25, 0.3) is 0 Å². The predicted octanol–water partition coefficient (Wildman–Crippen LogP) is 2.42. The summed E-state index contributed by atoms with van der Waals surface area (Å²) in [5.41, 5.74) is 1.43. The summed E-state index contributed by atoms with van der Waals surface area (Å²) in [5, 5.41) is 7.93. The zero-order valence-electron chi connectivity index (χ0n) is 12.1. The molecule has 1 saturated carbocycles. The average Bonchev–Trinajstić information content (AvgIpc) is 3.01. The van der Waals surface area contributed by atoms with Crippen LogP contribution >= 0.6 is 0 Å². The zero-order chi connectivity index (χ0) is 13.3. The molecule has 0 aromatic carbocycles. The Kier molecular flexibility index (Phi) is 3.63. The van der Waals surface area contributed by atoms with Crippen molar-refractivity contribution in [3.8, 4) is 0 Å². The molecule has 0 bridgehead atoms. The molecule has 0 radical (unpaired) electrons. The molecule has 1 N–H and O–H groups in total. The summed E-state index contributed by atoms with van der Waals surface area (Å²) < 4.78 is 4.98. The molecule has 2 aliphatic rings. The monoisotopic (exact) mass is 263 g/mol. The number of hydrogen-bond acceptors (Lipinski definition) is 4. The van der Waals surface area contributed by atoms with Gasteiger partial charge in [-0.25, -0.2) is 0 Å². The van der Waals surface area contributed by atoms with E-state index in [1.54, 1.807) is 6.26 Å². The van der Waals surface area contributed by atoms with Gasteiger partial charge in [0.05, 0.1) is 5.69 Å². The van der Waals surface area contributed by atoms with Crippen molar-refractivity contribution in [3.05, 3.63) is 18.0 Å². The maximum Gasteiger partial charge on any atom is 0.124 e. The van der Waals surface area contributed by atoms with E-state index in [0.29, 0.717) is 17.5 Å². The highest BCUT2D eigenvalue weighted by atomic mass is 16.5. The smallest absolute Gasteiger partial charge is 0.124 e. The van der Waals surface area contributed by atoms with Gasteiger partial charge in [0.1, 0.15) is 6.26 Å². The van der Waals surface area contributed by atoms with Crippen LogP contribution in [0.2, 0.25) is 0 Å². The molecule has 3 rings (SSSR count). The summed E-state index contributed by atoms with van der Waals surface area (Å²) in [7, 11) is 0. The summed E-state index contributed by atoms with van der Waals surface area (Å²) in [6.45, 7) is 7.81. The Hall–Kier alpha value is -0.870. The van der Waals surface area contributed by atoms with E-state index in [4.69, 9.17) is 4.52 Å². The minimum Gasteiger partial charge on any atom is -0.364 e. The lowest BCUT2D eigenvalue weighted by molar-refractivity contribution is 0.0490. The van der Waals surface area contributed by atoms with Gasteiger partial charge < -0.3 is 9.84 Å². The fourth-order valence-corrected chi connectivity index (χ4v) is 3.76. The highest BCUT2D eigenvalue weighted by Gasteiger charge is 2.41. The lowest BCUT2D eigenvalue weighted by atomic mass is 9.89. The predicted molar refractivity (Wildman–Crippen MR) is 74.7 cm³/mol. The first-order valence-electron chi connectivity index (χ1n) is 7.57. The van der Waals surface area contributed by atoms with E-state index in [2.05, 4.69) is 29.2 Å².